The Balaban J connectivity index is 2.41. The number of hydrogen-bond donors (Lipinski definition) is 1. The number of ether oxygens (including phenoxy) is 1. The molecule has 4 heteroatoms. The minimum Gasteiger partial charge on any atom is -0.628 e. The summed E-state index contributed by atoms with van der Waals surface area (Å²) in [6, 6.07) is 1.84. The first-order valence-electron chi connectivity index (χ1n) is 3.11. The van der Waals surface area contributed by atoms with Gasteiger partial charge in [-0.25, -0.2) is 0 Å². The van der Waals surface area contributed by atoms with Crippen LogP contribution in [-0.4, -0.2) is 13.2 Å². The van der Waals surface area contributed by atoms with E-state index in [1.165, 1.54) is 11.3 Å². The van der Waals surface area contributed by atoms with Gasteiger partial charge in [-0.2, -0.15) is 0 Å². The van der Waals surface area contributed by atoms with Crippen molar-refractivity contribution in [1.29, 1.82) is 0 Å². The van der Waals surface area contributed by atoms with Gasteiger partial charge >= 0.3 is 0 Å². The van der Waals surface area contributed by atoms with Crippen molar-refractivity contribution in [3.8, 4) is 5.75 Å². The molecule has 2 heterocycles. The van der Waals surface area contributed by atoms with E-state index in [9.17, 15) is 5.21 Å². The average molecular weight is 157 g/mol. The highest BCUT2D eigenvalue weighted by Crippen LogP contribution is 2.28. The summed E-state index contributed by atoms with van der Waals surface area (Å²) in [7, 11) is 0. The Kier molecular flexibility index (Phi) is 1.37. The van der Waals surface area contributed by atoms with Crippen molar-refractivity contribution in [2.24, 2.45) is 0 Å². The molecule has 1 aromatic heterocycles. The van der Waals surface area contributed by atoms with E-state index in [1.807, 2.05) is 11.4 Å². The first kappa shape index (κ1) is 6.15. The molecule has 0 fully saturated rings. The second kappa shape index (κ2) is 2.23. The molecule has 0 aliphatic carbocycles. The molecule has 0 radical (unpaired) electrons. The predicted octanol–water partition coefficient (Wildman–Crippen LogP) is 0.155. The Hall–Kier alpha value is -0.580. The number of fused-ring (bicyclic) bond motifs is 1. The summed E-state index contributed by atoms with van der Waals surface area (Å²) in [5.41, 5.74) is 0. The molecular formula is C6H7NO2S. The fourth-order valence-corrected chi connectivity index (χ4v) is 1.79. The summed E-state index contributed by atoms with van der Waals surface area (Å²) >= 11 is 1.46. The van der Waals surface area contributed by atoms with Crippen molar-refractivity contribution >= 4 is 16.3 Å². The largest absolute Gasteiger partial charge is 0.628 e. The first-order chi connectivity index (χ1) is 4.88. The lowest BCUT2D eigenvalue weighted by molar-refractivity contribution is -0.777. The molecule has 10 heavy (non-hydrogen) atoms. The van der Waals surface area contributed by atoms with E-state index in [4.69, 9.17) is 4.74 Å². The molecule has 0 saturated carbocycles. The number of nitrogens with one attached hydrogen (secondary N) is 1. The van der Waals surface area contributed by atoms with E-state index in [1.54, 1.807) is 0 Å². The summed E-state index contributed by atoms with van der Waals surface area (Å²) < 4.78 is 5.22. The Morgan fingerprint density at radius 2 is 2.60 bits per heavy atom. The summed E-state index contributed by atoms with van der Waals surface area (Å²) in [5.74, 6) is 0.765. The molecule has 54 valence electrons. The number of rotatable bonds is 0. The Labute approximate surface area is 62.4 Å². The van der Waals surface area contributed by atoms with Gasteiger partial charge in [0.2, 0.25) is 5.00 Å². The number of quaternary nitrogens is 1. The van der Waals surface area contributed by atoms with Gasteiger partial charge < -0.3 is 15.0 Å². The Morgan fingerprint density at radius 1 is 1.70 bits per heavy atom. The lowest BCUT2D eigenvalue weighted by Gasteiger charge is -2.25. The molecule has 0 bridgehead atoms. The van der Waals surface area contributed by atoms with Crippen LogP contribution in [0.1, 0.15) is 0 Å². The zero-order chi connectivity index (χ0) is 6.97. The summed E-state index contributed by atoms with van der Waals surface area (Å²) in [5, 5.41) is 14.0. The van der Waals surface area contributed by atoms with Crippen molar-refractivity contribution in [2.75, 3.05) is 13.2 Å². The molecule has 1 aliphatic heterocycles. The molecule has 1 N–H and O–H groups in total. The van der Waals surface area contributed by atoms with E-state index >= 15 is 0 Å². The van der Waals surface area contributed by atoms with Crippen LogP contribution in [-0.2, 0) is 0 Å². The Bertz CT molecular complexity index is 235. The topological polar surface area (TPSA) is 36.7 Å². The normalized spacial score (nSPS) is 23.5. The van der Waals surface area contributed by atoms with Crippen molar-refractivity contribution in [3.05, 3.63) is 16.7 Å². The highest BCUT2D eigenvalue weighted by Gasteiger charge is 2.17. The van der Waals surface area contributed by atoms with Crippen LogP contribution in [0, 0.1) is 5.21 Å². The number of thiophene rings is 1. The molecule has 1 atom stereocenters. The third kappa shape index (κ3) is 0.811. The predicted molar refractivity (Wildman–Crippen MR) is 38.7 cm³/mol. The zero-order valence-corrected chi connectivity index (χ0v) is 6.11. The minimum absolute atomic E-state index is 0.219. The molecule has 0 spiro atoms. The molecular weight excluding hydrogens is 150 g/mol. The van der Waals surface area contributed by atoms with E-state index in [0.29, 0.717) is 13.2 Å². The van der Waals surface area contributed by atoms with Crippen molar-refractivity contribution in [3.63, 3.8) is 0 Å². The maximum absolute atomic E-state index is 11.1. The van der Waals surface area contributed by atoms with Gasteiger partial charge in [-0.1, -0.05) is 11.3 Å². The SMILES string of the molecule is [O-][NH+]1CCOc2ccsc21. The standard InChI is InChI=1S/C6H7NO2S/c8-7-2-3-9-5-1-4-10-6(5)7/h1,4,7H,2-3H2. The highest BCUT2D eigenvalue weighted by molar-refractivity contribution is 7.13. The fraction of sp³-hybridized carbons (Fsp3) is 0.333. The molecule has 1 unspecified atom stereocenters. The quantitative estimate of drug-likeness (QED) is 0.544. The van der Waals surface area contributed by atoms with Gasteiger partial charge in [-0.3, -0.25) is 0 Å². The van der Waals surface area contributed by atoms with Crippen molar-refractivity contribution < 1.29 is 9.80 Å². The van der Waals surface area contributed by atoms with E-state index in [2.05, 4.69) is 0 Å². The average Bonchev–Trinajstić information content (AvgIpc) is 2.36. The molecule has 0 saturated heterocycles. The molecule has 1 aromatic rings. The van der Waals surface area contributed by atoms with Crippen molar-refractivity contribution in [2.45, 2.75) is 0 Å². The van der Waals surface area contributed by atoms with Crippen molar-refractivity contribution in [1.82, 2.24) is 0 Å². The van der Waals surface area contributed by atoms with E-state index in [-0.39, 0.29) is 5.06 Å². The molecule has 2 rings (SSSR count). The summed E-state index contributed by atoms with van der Waals surface area (Å²) in [6.45, 7) is 1.08. The van der Waals surface area contributed by atoms with E-state index in [0.717, 1.165) is 10.8 Å². The van der Waals surface area contributed by atoms with Crippen LogP contribution in [0.5, 0.6) is 5.75 Å². The van der Waals surface area contributed by atoms with Gasteiger partial charge in [0, 0.05) is 5.38 Å². The van der Waals surface area contributed by atoms with Crippen LogP contribution in [0.25, 0.3) is 0 Å². The number of hydrogen-bond acceptors (Lipinski definition) is 3. The second-order valence-corrected chi connectivity index (χ2v) is 3.05. The van der Waals surface area contributed by atoms with Crippen LogP contribution in [0.4, 0.5) is 5.00 Å². The van der Waals surface area contributed by atoms with E-state index < -0.39 is 0 Å². The molecule has 1 aliphatic rings. The van der Waals surface area contributed by atoms with Crippen LogP contribution >= 0.6 is 11.3 Å². The van der Waals surface area contributed by atoms with Crippen LogP contribution in [0.2, 0.25) is 0 Å². The fourth-order valence-electron chi connectivity index (χ4n) is 0.982. The smallest absolute Gasteiger partial charge is 0.229 e. The minimum atomic E-state index is 0.219. The van der Waals surface area contributed by atoms with Crippen LogP contribution < -0.4 is 9.80 Å². The maximum Gasteiger partial charge on any atom is 0.229 e. The second-order valence-electron chi connectivity index (χ2n) is 2.14. The van der Waals surface area contributed by atoms with Crippen LogP contribution in [0.3, 0.4) is 0 Å². The summed E-state index contributed by atoms with van der Waals surface area (Å²) in [4.78, 5) is 0. The third-order valence-electron chi connectivity index (χ3n) is 1.47. The zero-order valence-electron chi connectivity index (χ0n) is 5.29. The van der Waals surface area contributed by atoms with Gasteiger partial charge in [-0.15, -0.1) is 0 Å². The van der Waals surface area contributed by atoms with Crippen LogP contribution in [0.15, 0.2) is 11.4 Å². The van der Waals surface area contributed by atoms with Gasteiger partial charge in [0.25, 0.3) is 0 Å². The molecule has 0 amide bonds. The summed E-state index contributed by atoms with van der Waals surface area (Å²) in [6.07, 6.45) is 0. The third-order valence-corrected chi connectivity index (χ3v) is 2.41. The molecule has 3 nitrogen and oxygen atoms in total. The van der Waals surface area contributed by atoms with Gasteiger partial charge in [0.05, 0.1) is 0 Å². The van der Waals surface area contributed by atoms with Gasteiger partial charge in [-0.05, 0) is 6.07 Å². The maximum atomic E-state index is 11.1. The lowest BCUT2D eigenvalue weighted by atomic mass is 10.5. The molecule has 0 aromatic carbocycles. The Morgan fingerprint density at radius 3 is 3.40 bits per heavy atom. The highest BCUT2D eigenvalue weighted by atomic mass is 32.1. The van der Waals surface area contributed by atoms with Gasteiger partial charge in [0.15, 0.2) is 5.75 Å². The first-order valence-corrected chi connectivity index (χ1v) is 3.99. The lowest BCUT2D eigenvalue weighted by Crippen LogP contribution is -3.03. The monoisotopic (exact) mass is 157 g/mol. The van der Waals surface area contributed by atoms with Gasteiger partial charge in [0.1, 0.15) is 13.2 Å². The number of hydroxylamine groups is 1.